The van der Waals surface area contributed by atoms with Gasteiger partial charge in [0.2, 0.25) is 5.88 Å². The molecule has 0 bridgehead atoms. The molecule has 0 aliphatic carbocycles. The molecule has 2 aromatic rings. The van der Waals surface area contributed by atoms with Crippen LogP contribution in [0.25, 0.3) is 0 Å². The van der Waals surface area contributed by atoms with Crippen molar-refractivity contribution in [2.45, 2.75) is 33.2 Å². The number of aromatic nitrogens is 2. The summed E-state index contributed by atoms with van der Waals surface area (Å²) in [4.78, 5) is 8.66. The number of hydrogen-bond donors (Lipinski definition) is 1. The molecule has 0 atom stereocenters. The molecule has 2 rings (SSSR count). The lowest BCUT2D eigenvalue weighted by Gasteiger charge is -2.09. The van der Waals surface area contributed by atoms with Crippen LogP contribution in [0.15, 0.2) is 36.4 Å². The van der Waals surface area contributed by atoms with E-state index in [1.165, 1.54) is 5.56 Å². The van der Waals surface area contributed by atoms with Gasteiger partial charge in [0, 0.05) is 12.6 Å². The number of unbranched alkanes of at least 4 members (excludes halogenated alkanes) is 1. The van der Waals surface area contributed by atoms with Gasteiger partial charge in [-0.1, -0.05) is 43.7 Å². The third-order valence-electron chi connectivity index (χ3n) is 2.88. The number of rotatable bonds is 7. The number of nitrogens with zero attached hydrogens (tertiary/aromatic N) is 2. The minimum atomic E-state index is 0.640. The molecule has 0 amide bonds. The van der Waals surface area contributed by atoms with E-state index < -0.39 is 0 Å². The van der Waals surface area contributed by atoms with Crippen molar-refractivity contribution in [1.29, 1.82) is 0 Å². The average molecular weight is 271 g/mol. The normalized spacial score (nSPS) is 10.3. The van der Waals surface area contributed by atoms with Crippen molar-refractivity contribution in [2.75, 3.05) is 11.9 Å². The molecular weight excluding hydrogens is 250 g/mol. The van der Waals surface area contributed by atoms with Crippen molar-refractivity contribution >= 4 is 5.82 Å². The fraction of sp³-hybridized carbons (Fsp3) is 0.375. The lowest BCUT2D eigenvalue weighted by molar-refractivity contribution is 0.296. The van der Waals surface area contributed by atoms with Gasteiger partial charge in [-0.2, -0.15) is 4.98 Å². The number of benzene rings is 1. The zero-order chi connectivity index (χ0) is 14.2. The van der Waals surface area contributed by atoms with E-state index in [1.54, 1.807) is 0 Å². The zero-order valence-corrected chi connectivity index (χ0v) is 12.1. The standard InChI is InChI=1S/C16H21N3O/c1-3-4-10-20-16-11-15(18-13(2)19-16)17-12-14-8-6-5-7-9-14/h5-9,11H,3-4,10,12H2,1-2H3,(H,17,18,19). The van der Waals surface area contributed by atoms with Crippen LogP contribution < -0.4 is 10.1 Å². The molecule has 0 fully saturated rings. The Morgan fingerprint density at radius 1 is 1.15 bits per heavy atom. The zero-order valence-electron chi connectivity index (χ0n) is 12.1. The Balaban J connectivity index is 1.97. The van der Waals surface area contributed by atoms with Crippen LogP contribution in [0, 0.1) is 6.92 Å². The second-order valence-electron chi connectivity index (χ2n) is 4.68. The third kappa shape index (κ3) is 4.53. The molecule has 1 aromatic heterocycles. The molecule has 4 nitrogen and oxygen atoms in total. The van der Waals surface area contributed by atoms with Crippen molar-refractivity contribution in [3.63, 3.8) is 0 Å². The number of hydrogen-bond acceptors (Lipinski definition) is 4. The van der Waals surface area contributed by atoms with E-state index in [1.807, 2.05) is 31.2 Å². The van der Waals surface area contributed by atoms with Gasteiger partial charge >= 0.3 is 0 Å². The van der Waals surface area contributed by atoms with Gasteiger partial charge in [0.25, 0.3) is 0 Å². The smallest absolute Gasteiger partial charge is 0.218 e. The summed E-state index contributed by atoms with van der Waals surface area (Å²) >= 11 is 0. The van der Waals surface area contributed by atoms with Crippen molar-refractivity contribution < 1.29 is 4.74 Å². The van der Waals surface area contributed by atoms with Crippen LogP contribution in [0.2, 0.25) is 0 Å². The molecular formula is C16H21N3O. The molecule has 0 spiro atoms. The average Bonchev–Trinajstić information content (AvgIpc) is 2.46. The summed E-state index contributed by atoms with van der Waals surface area (Å²) in [6.07, 6.45) is 2.15. The maximum atomic E-state index is 5.63. The van der Waals surface area contributed by atoms with Gasteiger partial charge in [0.1, 0.15) is 11.6 Å². The fourth-order valence-electron chi connectivity index (χ4n) is 1.81. The Morgan fingerprint density at radius 2 is 1.95 bits per heavy atom. The van der Waals surface area contributed by atoms with Crippen LogP contribution in [0.4, 0.5) is 5.82 Å². The first-order valence-corrected chi connectivity index (χ1v) is 7.04. The molecule has 1 aromatic carbocycles. The van der Waals surface area contributed by atoms with E-state index in [-0.39, 0.29) is 0 Å². The van der Waals surface area contributed by atoms with E-state index in [0.29, 0.717) is 12.5 Å². The molecule has 0 aliphatic heterocycles. The molecule has 1 N–H and O–H groups in total. The van der Waals surface area contributed by atoms with Crippen molar-refractivity contribution in [1.82, 2.24) is 9.97 Å². The Labute approximate surface area is 120 Å². The summed E-state index contributed by atoms with van der Waals surface area (Å²) in [5.74, 6) is 2.16. The molecule has 20 heavy (non-hydrogen) atoms. The minimum Gasteiger partial charge on any atom is -0.478 e. The topological polar surface area (TPSA) is 47.0 Å². The van der Waals surface area contributed by atoms with Gasteiger partial charge in [0.05, 0.1) is 6.61 Å². The SMILES string of the molecule is CCCCOc1cc(NCc2ccccc2)nc(C)n1. The highest BCUT2D eigenvalue weighted by Crippen LogP contribution is 2.14. The highest BCUT2D eigenvalue weighted by Gasteiger charge is 2.03. The summed E-state index contributed by atoms with van der Waals surface area (Å²) in [7, 11) is 0. The summed E-state index contributed by atoms with van der Waals surface area (Å²) < 4.78 is 5.63. The van der Waals surface area contributed by atoms with Gasteiger partial charge in [-0.05, 0) is 18.9 Å². The molecule has 106 valence electrons. The molecule has 0 unspecified atom stereocenters. The van der Waals surface area contributed by atoms with Crippen LogP contribution >= 0.6 is 0 Å². The van der Waals surface area contributed by atoms with Crippen LogP contribution in [0.3, 0.4) is 0 Å². The first-order chi connectivity index (χ1) is 9.78. The predicted molar refractivity (Wildman–Crippen MR) is 80.9 cm³/mol. The Bertz CT molecular complexity index is 529. The van der Waals surface area contributed by atoms with Crippen molar-refractivity contribution in [3.8, 4) is 5.88 Å². The van der Waals surface area contributed by atoms with E-state index in [2.05, 4.69) is 34.3 Å². The Morgan fingerprint density at radius 3 is 2.70 bits per heavy atom. The largest absolute Gasteiger partial charge is 0.478 e. The Hall–Kier alpha value is -2.10. The molecule has 0 aliphatic rings. The van der Waals surface area contributed by atoms with Crippen molar-refractivity contribution in [2.24, 2.45) is 0 Å². The molecule has 1 heterocycles. The number of aryl methyl sites for hydroxylation is 1. The second kappa shape index (κ2) is 7.48. The lowest BCUT2D eigenvalue weighted by Crippen LogP contribution is -2.05. The molecule has 0 saturated heterocycles. The third-order valence-corrected chi connectivity index (χ3v) is 2.88. The summed E-state index contributed by atoms with van der Waals surface area (Å²) in [5.41, 5.74) is 1.22. The second-order valence-corrected chi connectivity index (χ2v) is 4.68. The number of nitrogens with one attached hydrogen (secondary N) is 1. The van der Waals surface area contributed by atoms with Gasteiger partial charge in [-0.15, -0.1) is 0 Å². The molecule has 0 radical (unpaired) electrons. The first kappa shape index (κ1) is 14.3. The minimum absolute atomic E-state index is 0.640. The highest BCUT2D eigenvalue weighted by molar-refractivity contribution is 5.39. The number of ether oxygens (including phenoxy) is 1. The quantitative estimate of drug-likeness (QED) is 0.782. The monoisotopic (exact) mass is 271 g/mol. The van der Waals surface area contributed by atoms with Gasteiger partial charge in [-0.25, -0.2) is 4.98 Å². The maximum absolute atomic E-state index is 5.63. The van der Waals surface area contributed by atoms with E-state index >= 15 is 0 Å². The number of anilines is 1. The van der Waals surface area contributed by atoms with E-state index in [0.717, 1.165) is 31.0 Å². The van der Waals surface area contributed by atoms with E-state index in [4.69, 9.17) is 4.74 Å². The summed E-state index contributed by atoms with van der Waals surface area (Å²) in [6.45, 7) is 5.46. The van der Waals surface area contributed by atoms with Crippen LogP contribution in [0.1, 0.15) is 31.2 Å². The summed E-state index contributed by atoms with van der Waals surface area (Å²) in [5, 5.41) is 3.30. The van der Waals surface area contributed by atoms with Crippen molar-refractivity contribution in [3.05, 3.63) is 47.8 Å². The van der Waals surface area contributed by atoms with Crippen LogP contribution in [0.5, 0.6) is 5.88 Å². The molecule has 4 heteroatoms. The Kier molecular flexibility index (Phi) is 5.35. The maximum Gasteiger partial charge on any atom is 0.218 e. The van der Waals surface area contributed by atoms with E-state index in [9.17, 15) is 0 Å². The lowest BCUT2D eigenvalue weighted by atomic mass is 10.2. The predicted octanol–water partition coefficient (Wildman–Crippen LogP) is 3.58. The van der Waals surface area contributed by atoms with Gasteiger partial charge in [0.15, 0.2) is 0 Å². The molecule has 0 saturated carbocycles. The first-order valence-electron chi connectivity index (χ1n) is 7.04. The fourth-order valence-corrected chi connectivity index (χ4v) is 1.81. The van der Waals surface area contributed by atoms with Gasteiger partial charge < -0.3 is 10.1 Å². The highest BCUT2D eigenvalue weighted by atomic mass is 16.5. The van der Waals surface area contributed by atoms with Crippen LogP contribution in [-0.4, -0.2) is 16.6 Å². The summed E-state index contributed by atoms with van der Waals surface area (Å²) in [6, 6.07) is 12.1. The van der Waals surface area contributed by atoms with Crippen LogP contribution in [-0.2, 0) is 6.54 Å². The van der Waals surface area contributed by atoms with Gasteiger partial charge in [-0.3, -0.25) is 0 Å².